The molecule has 2 rings (SSSR count). The van der Waals surface area contributed by atoms with Gasteiger partial charge in [-0.15, -0.1) is 0 Å². The fourth-order valence-electron chi connectivity index (χ4n) is 2.62. The molecule has 0 bridgehead atoms. The lowest BCUT2D eigenvalue weighted by molar-refractivity contribution is -0.384. The molecule has 0 radical (unpaired) electrons. The van der Waals surface area contributed by atoms with Gasteiger partial charge >= 0.3 is 0 Å². The van der Waals surface area contributed by atoms with Crippen LogP contribution in [0.2, 0.25) is 10.0 Å². The Morgan fingerprint density at radius 3 is 2.54 bits per heavy atom. The molecule has 1 aromatic carbocycles. The van der Waals surface area contributed by atoms with Crippen LogP contribution in [0.4, 0.5) is 5.69 Å². The maximum absolute atomic E-state index is 12.2. The highest BCUT2D eigenvalue weighted by Crippen LogP contribution is 2.32. The number of rotatable bonds is 4. The van der Waals surface area contributed by atoms with Crippen LogP contribution < -0.4 is 5.32 Å². The average Bonchev–Trinajstić information content (AvgIpc) is 2.54. The first kappa shape index (κ1) is 18.2. The number of halogens is 2. The lowest BCUT2D eigenvalue weighted by atomic mass is 9.95. The number of nitrogens with one attached hydrogen (secondary N) is 1. The van der Waals surface area contributed by atoms with Gasteiger partial charge in [0.25, 0.3) is 11.6 Å². The van der Waals surface area contributed by atoms with Crippen LogP contribution in [0, 0.1) is 21.4 Å². The summed E-state index contributed by atoms with van der Waals surface area (Å²) in [5, 5.41) is 23.0. The van der Waals surface area contributed by atoms with Crippen LogP contribution in [0.5, 0.6) is 0 Å². The fraction of sp³-hybridized carbons (Fsp3) is 0.375. The minimum atomic E-state index is -0.649. The van der Waals surface area contributed by atoms with Gasteiger partial charge in [0.1, 0.15) is 16.7 Å². The van der Waals surface area contributed by atoms with Gasteiger partial charge in [0.2, 0.25) is 0 Å². The van der Waals surface area contributed by atoms with Gasteiger partial charge in [0.15, 0.2) is 0 Å². The first-order chi connectivity index (χ1) is 11.4. The first-order valence-electron chi connectivity index (χ1n) is 7.48. The maximum Gasteiger partial charge on any atom is 0.288 e. The normalized spacial score (nSPS) is 15.6. The molecular weight excluding hydrogens is 353 g/mol. The summed E-state index contributed by atoms with van der Waals surface area (Å²) < 4.78 is 0. The fourth-order valence-corrected chi connectivity index (χ4v) is 3.13. The zero-order chi connectivity index (χ0) is 17.7. The molecular formula is C16H15Cl2N3O3. The average molecular weight is 368 g/mol. The number of hydrogen-bond acceptors (Lipinski definition) is 4. The largest absolute Gasteiger partial charge is 0.349 e. The summed E-state index contributed by atoms with van der Waals surface area (Å²) in [6.07, 6.45) is 6.26. The lowest BCUT2D eigenvalue weighted by Crippen LogP contribution is -2.36. The van der Waals surface area contributed by atoms with Crippen LogP contribution in [0.3, 0.4) is 0 Å². The summed E-state index contributed by atoms with van der Waals surface area (Å²) in [6.45, 7) is 0. The molecule has 1 aliphatic carbocycles. The molecule has 6 nitrogen and oxygen atoms in total. The van der Waals surface area contributed by atoms with Crippen molar-refractivity contribution < 1.29 is 9.72 Å². The van der Waals surface area contributed by atoms with Crippen LogP contribution in [0.25, 0.3) is 6.08 Å². The number of amides is 1. The number of nitro benzene ring substituents is 1. The topological polar surface area (TPSA) is 96.0 Å². The van der Waals surface area contributed by atoms with E-state index in [1.54, 1.807) is 0 Å². The van der Waals surface area contributed by atoms with Gasteiger partial charge in [-0.25, -0.2) is 0 Å². The smallest absolute Gasteiger partial charge is 0.288 e. The second-order valence-electron chi connectivity index (χ2n) is 5.56. The SMILES string of the molecule is N#C/C(=C/c1cc([N+](=O)[O-])c(Cl)cc1Cl)C(=O)NC1CCCCC1. The zero-order valence-corrected chi connectivity index (χ0v) is 14.2. The van der Waals surface area contributed by atoms with E-state index in [-0.39, 0.29) is 32.9 Å². The van der Waals surface area contributed by atoms with E-state index in [0.29, 0.717) is 0 Å². The highest BCUT2D eigenvalue weighted by atomic mass is 35.5. The molecule has 0 atom stereocenters. The molecule has 8 heteroatoms. The molecule has 126 valence electrons. The molecule has 0 heterocycles. The molecule has 0 saturated heterocycles. The Bertz CT molecular complexity index is 735. The van der Waals surface area contributed by atoms with E-state index >= 15 is 0 Å². The van der Waals surface area contributed by atoms with E-state index < -0.39 is 10.8 Å². The third-order valence-electron chi connectivity index (χ3n) is 3.87. The molecule has 0 spiro atoms. The third-order valence-corrected chi connectivity index (χ3v) is 4.50. The molecule has 0 aromatic heterocycles. The number of carbonyl (C=O) groups excluding carboxylic acids is 1. The molecule has 1 aromatic rings. The van der Waals surface area contributed by atoms with Crippen molar-refractivity contribution in [1.29, 1.82) is 5.26 Å². The monoisotopic (exact) mass is 367 g/mol. The Kier molecular flexibility index (Phi) is 6.18. The van der Waals surface area contributed by atoms with Crippen molar-refractivity contribution in [2.75, 3.05) is 0 Å². The van der Waals surface area contributed by atoms with Gasteiger partial charge in [0, 0.05) is 22.7 Å². The van der Waals surface area contributed by atoms with Gasteiger partial charge in [-0.1, -0.05) is 42.5 Å². The summed E-state index contributed by atoms with van der Waals surface area (Å²) in [7, 11) is 0. The van der Waals surface area contributed by atoms with Crippen LogP contribution in [-0.4, -0.2) is 16.9 Å². The molecule has 0 unspecified atom stereocenters. The Morgan fingerprint density at radius 2 is 1.96 bits per heavy atom. The predicted octanol–water partition coefficient (Wildman–Crippen LogP) is 4.26. The summed E-state index contributed by atoms with van der Waals surface area (Å²) in [4.78, 5) is 22.5. The molecule has 0 aliphatic heterocycles. The number of hydrogen-bond donors (Lipinski definition) is 1. The number of nitrogens with zero attached hydrogens (tertiary/aromatic N) is 2. The van der Waals surface area contributed by atoms with Gasteiger partial charge in [-0.05, 0) is 25.0 Å². The minimum Gasteiger partial charge on any atom is -0.349 e. The Labute approximate surface area is 149 Å². The second kappa shape index (κ2) is 8.13. The summed E-state index contributed by atoms with van der Waals surface area (Å²) >= 11 is 11.8. The third kappa shape index (κ3) is 4.47. The highest BCUT2D eigenvalue weighted by Gasteiger charge is 2.20. The van der Waals surface area contributed by atoms with E-state index in [4.69, 9.17) is 23.2 Å². The van der Waals surface area contributed by atoms with Crippen molar-refractivity contribution in [1.82, 2.24) is 5.32 Å². The summed E-state index contributed by atoms with van der Waals surface area (Å²) in [5.74, 6) is -0.502. The van der Waals surface area contributed by atoms with Gasteiger partial charge in [-0.3, -0.25) is 14.9 Å². The Hall–Kier alpha value is -2.10. The Morgan fingerprint density at radius 1 is 1.29 bits per heavy atom. The van der Waals surface area contributed by atoms with E-state index in [9.17, 15) is 20.2 Å². The van der Waals surface area contributed by atoms with E-state index in [0.717, 1.165) is 38.2 Å². The van der Waals surface area contributed by atoms with E-state index in [1.807, 2.05) is 6.07 Å². The molecule has 1 N–H and O–H groups in total. The van der Waals surface area contributed by atoms with Crippen molar-refractivity contribution in [2.45, 2.75) is 38.1 Å². The highest BCUT2D eigenvalue weighted by molar-refractivity contribution is 6.36. The second-order valence-corrected chi connectivity index (χ2v) is 6.37. The number of carbonyl (C=O) groups is 1. The van der Waals surface area contributed by atoms with Crippen molar-refractivity contribution in [2.24, 2.45) is 0 Å². The van der Waals surface area contributed by atoms with Crippen LogP contribution in [-0.2, 0) is 4.79 Å². The van der Waals surface area contributed by atoms with Crippen molar-refractivity contribution in [3.8, 4) is 6.07 Å². The molecule has 1 aliphatic rings. The number of nitro groups is 1. The lowest BCUT2D eigenvalue weighted by Gasteiger charge is -2.22. The molecule has 1 fully saturated rings. The molecule has 24 heavy (non-hydrogen) atoms. The first-order valence-corrected chi connectivity index (χ1v) is 8.24. The van der Waals surface area contributed by atoms with Gasteiger partial charge < -0.3 is 5.32 Å². The standard InChI is InChI=1S/C16H15Cl2N3O3/c17-13-8-14(18)15(21(23)24)7-10(13)6-11(9-19)16(22)20-12-4-2-1-3-5-12/h6-8,12H,1-5H2,(H,20,22)/b11-6-. The summed E-state index contributed by atoms with van der Waals surface area (Å²) in [5.41, 5.74) is -0.292. The van der Waals surface area contributed by atoms with E-state index in [2.05, 4.69) is 5.32 Å². The minimum absolute atomic E-state index is 0.0537. The van der Waals surface area contributed by atoms with Crippen LogP contribution in [0.1, 0.15) is 37.7 Å². The number of benzene rings is 1. The zero-order valence-electron chi connectivity index (χ0n) is 12.7. The van der Waals surface area contributed by atoms with Crippen molar-refractivity contribution in [3.63, 3.8) is 0 Å². The molecule has 1 saturated carbocycles. The van der Waals surface area contributed by atoms with Crippen LogP contribution >= 0.6 is 23.2 Å². The van der Waals surface area contributed by atoms with Crippen molar-refractivity contribution in [3.05, 3.63) is 43.4 Å². The van der Waals surface area contributed by atoms with Crippen molar-refractivity contribution >= 4 is 40.9 Å². The van der Waals surface area contributed by atoms with Crippen LogP contribution in [0.15, 0.2) is 17.7 Å². The van der Waals surface area contributed by atoms with E-state index in [1.165, 1.54) is 12.1 Å². The summed E-state index contributed by atoms with van der Waals surface area (Å²) in [6, 6.07) is 4.24. The Balaban J connectivity index is 2.26. The number of nitriles is 1. The van der Waals surface area contributed by atoms with Gasteiger partial charge in [0.05, 0.1) is 4.92 Å². The molecule has 1 amide bonds. The predicted molar refractivity (Wildman–Crippen MR) is 91.7 cm³/mol. The van der Waals surface area contributed by atoms with Gasteiger partial charge in [-0.2, -0.15) is 5.26 Å². The maximum atomic E-state index is 12.2. The quantitative estimate of drug-likeness (QED) is 0.372.